The zero-order valence-corrected chi connectivity index (χ0v) is 45.0. The summed E-state index contributed by atoms with van der Waals surface area (Å²) in [5.41, 5.74) is 12.1. The number of esters is 1. The molecule has 6 rings (SSSR count). The molecule has 388 valence electrons. The summed E-state index contributed by atoms with van der Waals surface area (Å²) in [7, 11) is 9.09. The second kappa shape index (κ2) is 23.4. The SMILES string of the molecule is COc1cc2cc(c1Cl)N(C)C(=O)C[C@H](OC(=O)[C@H](C)N(C)C(=O)CCSSC(C)(C)CC(=O)N/N=C1/CCCCc3cc(N)ccc31)[C@@]1(C)C[C@H]1[C@H](C)[C@@H]1C[C@@](O)(NC(=O)O1)[C@H](OC)/C=C/C=C(\C)C2. The summed E-state index contributed by atoms with van der Waals surface area (Å²) < 4.78 is 23.0. The van der Waals surface area contributed by atoms with Crippen LogP contribution >= 0.6 is 33.2 Å². The van der Waals surface area contributed by atoms with Crippen LogP contribution in [0, 0.1) is 17.3 Å². The Morgan fingerprint density at radius 2 is 1.89 bits per heavy atom. The number of aliphatic hydroxyl groups is 1. The first kappa shape index (κ1) is 55.6. The highest BCUT2D eigenvalue weighted by molar-refractivity contribution is 8.77. The maximum atomic E-state index is 14.4. The molecule has 2 fully saturated rings. The van der Waals surface area contributed by atoms with Gasteiger partial charge in [-0.15, -0.1) is 0 Å². The zero-order valence-electron chi connectivity index (χ0n) is 42.6. The number of carbonyl (C=O) groups is 5. The van der Waals surface area contributed by atoms with Gasteiger partial charge in [-0.3, -0.25) is 19.7 Å². The van der Waals surface area contributed by atoms with Gasteiger partial charge >= 0.3 is 12.1 Å². The third-order valence-electron chi connectivity index (χ3n) is 14.4. The van der Waals surface area contributed by atoms with Crippen LogP contribution in [-0.4, -0.2) is 114 Å². The lowest BCUT2D eigenvalue weighted by molar-refractivity contribution is -0.163. The van der Waals surface area contributed by atoms with E-state index in [1.54, 1.807) is 39.2 Å². The molecule has 71 heavy (non-hydrogen) atoms. The van der Waals surface area contributed by atoms with E-state index in [-0.39, 0.29) is 60.3 Å². The van der Waals surface area contributed by atoms with Gasteiger partial charge in [-0.2, -0.15) is 5.10 Å². The van der Waals surface area contributed by atoms with Gasteiger partial charge < -0.3 is 39.6 Å². The predicted octanol–water partition coefficient (Wildman–Crippen LogP) is 8.15. The first-order valence-corrected chi connectivity index (χ1v) is 26.9. The lowest BCUT2D eigenvalue weighted by atomic mass is 9.83. The Morgan fingerprint density at radius 1 is 1.15 bits per heavy atom. The van der Waals surface area contributed by atoms with Crippen molar-refractivity contribution in [3.8, 4) is 5.75 Å². The van der Waals surface area contributed by atoms with E-state index in [1.165, 1.54) is 45.6 Å². The van der Waals surface area contributed by atoms with E-state index in [1.807, 2.05) is 65.0 Å². The molecule has 16 nitrogen and oxygen atoms in total. The molecule has 2 aromatic rings. The normalized spacial score (nSPS) is 28.1. The van der Waals surface area contributed by atoms with Crippen molar-refractivity contribution in [2.75, 3.05) is 44.7 Å². The highest BCUT2D eigenvalue weighted by Gasteiger charge is 2.62. The molecule has 8 atom stereocenters. The molecule has 0 radical (unpaired) electrons. The number of ether oxygens (including phenoxy) is 4. The fourth-order valence-electron chi connectivity index (χ4n) is 9.83. The van der Waals surface area contributed by atoms with Gasteiger partial charge in [0, 0.05) is 67.6 Å². The molecule has 0 aromatic heterocycles. The fourth-order valence-corrected chi connectivity index (χ4v) is 12.6. The van der Waals surface area contributed by atoms with Crippen LogP contribution in [0.1, 0.15) is 110 Å². The van der Waals surface area contributed by atoms with Gasteiger partial charge in [0.05, 0.1) is 24.9 Å². The van der Waals surface area contributed by atoms with Crippen LogP contribution in [0.3, 0.4) is 0 Å². The number of fused-ring (bicyclic) bond motifs is 6. The van der Waals surface area contributed by atoms with E-state index >= 15 is 0 Å². The number of hydrogen-bond donors (Lipinski definition) is 4. The number of halogens is 1. The number of rotatable bonds is 13. The number of likely N-dealkylation sites (N-methyl/N-ethyl adjacent to an activating group) is 1. The maximum absolute atomic E-state index is 14.4. The van der Waals surface area contributed by atoms with E-state index < -0.39 is 52.3 Å². The van der Waals surface area contributed by atoms with Crippen molar-refractivity contribution >= 4 is 80.1 Å². The van der Waals surface area contributed by atoms with Crippen LogP contribution in [0.2, 0.25) is 5.02 Å². The van der Waals surface area contributed by atoms with Crippen molar-refractivity contribution in [2.45, 2.75) is 141 Å². The van der Waals surface area contributed by atoms with Crippen molar-refractivity contribution in [3.05, 3.63) is 75.8 Å². The molecule has 1 saturated carbocycles. The minimum absolute atomic E-state index is 0.00428. The molecule has 4 amide bonds. The standard InChI is InChI=1S/C52H71ClN6O10S2/c1-30-14-13-17-42(67-10)52(65)28-41(68-49(64)55-52)31(2)37-27-51(37,6)43(26-46(62)59(8)39-23-33(22-30)24-40(66-9)47(39)53)69-48(63)32(3)58(7)45(61)20-21-70-71-50(4,5)29-44(60)57-56-38-16-12-11-15-34-25-35(54)18-19-36(34)38/h13-14,17-19,23-25,31-32,37,41-43,65H,11-12,15-16,20-22,26-29,54H2,1-10H3,(H,55,64)(H,57,60)/b17-13+,30-14+,56-38-/t31-,32-,37-,41-,42+,43-,51-,52-/m0/s1. The van der Waals surface area contributed by atoms with Crippen LogP contribution in [0.15, 0.2) is 59.2 Å². The average Bonchev–Trinajstić information content (AvgIpc) is 4.06. The van der Waals surface area contributed by atoms with Crippen LogP contribution in [0.5, 0.6) is 5.75 Å². The molecule has 2 aromatic carbocycles. The topological polar surface area (TPSA) is 211 Å². The van der Waals surface area contributed by atoms with Gasteiger partial charge in [0.15, 0.2) is 5.72 Å². The summed E-state index contributed by atoms with van der Waals surface area (Å²) in [6, 6.07) is 8.42. The van der Waals surface area contributed by atoms with Gasteiger partial charge in [0.2, 0.25) is 17.7 Å². The first-order chi connectivity index (χ1) is 33.5. The second-order valence-electron chi connectivity index (χ2n) is 20.3. The number of allylic oxidation sites excluding steroid dienone is 3. The van der Waals surface area contributed by atoms with Gasteiger partial charge in [0.1, 0.15) is 35.1 Å². The Bertz CT molecular complexity index is 2430. The Kier molecular flexibility index (Phi) is 18.3. The predicted molar refractivity (Wildman–Crippen MR) is 280 cm³/mol. The number of nitrogens with two attached hydrogens (primary N) is 1. The third-order valence-corrected chi connectivity index (χ3v) is 18.0. The number of benzene rings is 2. The smallest absolute Gasteiger partial charge is 0.409 e. The summed E-state index contributed by atoms with van der Waals surface area (Å²) in [6.07, 6.45) is 6.63. The maximum Gasteiger partial charge on any atom is 0.409 e. The molecule has 4 aliphatic rings. The minimum Gasteiger partial charge on any atom is -0.495 e. The van der Waals surface area contributed by atoms with E-state index in [4.69, 9.17) is 36.3 Å². The lowest BCUT2D eigenvalue weighted by Gasteiger charge is -2.42. The van der Waals surface area contributed by atoms with E-state index in [9.17, 15) is 29.1 Å². The number of amides is 4. The van der Waals surface area contributed by atoms with E-state index in [2.05, 4.69) is 15.8 Å². The second-order valence-corrected chi connectivity index (χ2v) is 23.8. The minimum atomic E-state index is -1.80. The lowest BCUT2D eigenvalue weighted by Crippen LogP contribution is -2.63. The summed E-state index contributed by atoms with van der Waals surface area (Å²) in [5.74, 6) is -1.30. The Balaban J connectivity index is 1.12. The molecule has 1 saturated heterocycles. The molecule has 0 spiro atoms. The van der Waals surface area contributed by atoms with E-state index in [0.717, 1.165) is 53.7 Å². The molecule has 2 aliphatic heterocycles. The Morgan fingerprint density at radius 3 is 2.61 bits per heavy atom. The number of aryl methyl sites for hydroxylation is 1. The quantitative estimate of drug-likeness (QED) is 0.0373. The largest absolute Gasteiger partial charge is 0.495 e. The number of nitrogens with one attached hydrogen (secondary N) is 2. The number of alkyl carbamates (subject to hydrolysis) is 1. The number of hydrogen-bond acceptors (Lipinski definition) is 14. The van der Waals surface area contributed by atoms with Crippen LogP contribution in [-0.2, 0) is 46.2 Å². The number of nitrogens with zero attached hydrogens (tertiary/aromatic N) is 3. The van der Waals surface area contributed by atoms with Gasteiger partial charge in [0.25, 0.3) is 0 Å². The number of methoxy groups -OCH3 is 2. The van der Waals surface area contributed by atoms with Crippen LogP contribution in [0.25, 0.3) is 0 Å². The Hall–Kier alpha value is -4.75. The molecule has 19 heteroatoms. The van der Waals surface area contributed by atoms with Crippen molar-refractivity contribution in [1.29, 1.82) is 0 Å². The average molecular weight is 1040 g/mol. The van der Waals surface area contributed by atoms with Crippen molar-refractivity contribution < 1.29 is 48.0 Å². The highest BCUT2D eigenvalue weighted by atomic mass is 35.5. The number of nitrogen functional groups attached to an aromatic ring is 1. The number of hydrazone groups is 1. The van der Waals surface area contributed by atoms with Crippen molar-refractivity contribution in [3.63, 3.8) is 0 Å². The summed E-state index contributed by atoms with van der Waals surface area (Å²) in [4.78, 5) is 71.1. The molecule has 5 N–H and O–H groups in total. The molecule has 0 unspecified atom stereocenters. The Labute approximate surface area is 431 Å². The number of carbonyl (C=O) groups excluding carboxylic acids is 5. The van der Waals surface area contributed by atoms with Crippen molar-refractivity contribution in [1.82, 2.24) is 15.6 Å². The van der Waals surface area contributed by atoms with Crippen LogP contribution in [0.4, 0.5) is 16.2 Å². The molecular weight excluding hydrogens is 968 g/mol. The van der Waals surface area contributed by atoms with Gasteiger partial charge in [-0.1, -0.05) is 76.9 Å². The van der Waals surface area contributed by atoms with Gasteiger partial charge in [-0.05, 0) is 113 Å². The highest BCUT2D eigenvalue weighted by Crippen LogP contribution is 2.61. The molecule has 4 bridgehead atoms. The summed E-state index contributed by atoms with van der Waals surface area (Å²) in [6.45, 7) is 11.3. The fraction of sp³-hybridized carbons (Fsp3) is 0.577. The third kappa shape index (κ3) is 13.7. The first-order valence-electron chi connectivity index (χ1n) is 24.2. The molecule has 2 heterocycles. The van der Waals surface area contributed by atoms with E-state index in [0.29, 0.717) is 35.7 Å². The molecule has 2 aliphatic carbocycles. The van der Waals surface area contributed by atoms with Gasteiger partial charge in [-0.25, -0.2) is 15.0 Å². The summed E-state index contributed by atoms with van der Waals surface area (Å²) >= 11 is 6.85. The van der Waals surface area contributed by atoms with Crippen molar-refractivity contribution in [2.24, 2.45) is 22.4 Å². The summed E-state index contributed by atoms with van der Waals surface area (Å²) in [5, 5.41) is 19.2. The zero-order chi connectivity index (χ0) is 52.0. The molecular formula is C52H71ClN6O10S2. The monoisotopic (exact) mass is 1040 g/mol. The number of anilines is 2. The van der Waals surface area contributed by atoms with Crippen LogP contribution < -0.4 is 26.1 Å².